The van der Waals surface area contributed by atoms with Gasteiger partial charge in [0.1, 0.15) is 11.5 Å². The van der Waals surface area contributed by atoms with Gasteiger partial charge in [-0.05, 0) is 79.2 Å². The van der Waals surface area contributed by atoms with E-state index in [-0.39, 0.29) is 5.91 Å². The lowest BCUT2D eigenvalue weighted by atomic mass is 10.2. The molecule has 8 nitrogen and oxygen atoms in total. The van der Waals surface area contributed by atoms with E-state index in [1.807, 2.05) is 6.92 Å². The molecule has 0 saturated carbocycles. The molecule has 1 N–H and O–H groups in total. The molecule has 8 heteroatoms. The Labute approximate surface area is 191 Å². The number of carbonyl (C=O) groups is 2. The number of amides is 1. The molecule has 0 aliphatic heterocycles. The van der Waals surface area contributed by atoms with E-state index in [4.69, 9.17) is 18.9 Å². The molecule has 1 amide bonds. The summed E-state index contributed by atoms with van der Waals surface area (Å²) >= 11 is 0. The smallest absolute Gasteiger partial charge is 0.343 e. The quantitative estimate of drug-likeness (QED) is 0.229. The number of nitrogens with one attached hydrogen (secondary N) is 1. The number of benzene rings is 3. The highest BCUT2D eigenvalue weighted by molar-refractivity contribution is 5.95. The molecule has 3 aromatic rings. The van der Waals surface area contributed by atoms with Crippen molar-refractivity contribution >= 4 is 18.1 Å². The van der Waals surface area contributed by atoms with Crippen molar-refractivity contribution in [3.05, 3.63) is 83.4 Å². The van der Waals surface area contributed by atoms with E-state index in [9.17, 15) is 9.59 Å². The third kappa shape index (κ3) is 6.33. The van der Waals surface area contributed by atoms with Crippen molar-refractivity contribution in [3.63, 3.8) is 0 Å². The van der Waals surface area contributed by atoms with E-state index < -0.39 is 5.97 Å². The van der Waals surface area contributed by atoms with Gasteiger partial charge >= 0.3 is 5.97 Å². The molecular weight excluding hydrogens is 424 g/mol. The molecule has 0 fully saturated rings. The van der Waals surface area contributed by atoms with Crippen LogP contribution in [0.3, 0.4) is 0 Å². The van der Waals surface area contributed by atoms with Crippen LogP contribution < -0.4 is 24.4 Å². The van der Waals surface area contributed by atoms with Crippen LogP contribution in [0.2, 0.25) is 0 Å². The third-order valence-corrected chi connectivity index (χ3v) is 4.52. The molecule has 3 aromatic carbocycles. The molecule has 0 radical (unpaired) electrons. The van der Waals surface area contributed by atoms with Gasteiger partial charge in [0.15, 0.2) is 11.5 Å². The topological polar surface area (TPSA) is 95.5 Å². The van der Waals surface area contributed by atoms with Crippen molar-refractivity contribution in [3.8, 4) is 23.0 Å². The largest absolute Gasteiger partial charge is 0.494 e. The van der Waals surface area contributed by atoms with Gasteiger partial charge in [-0.2, -0.15) is 5.10 Å². The summed E-state index contributed by atoms with van der Waals surface area (Å²) in [6.07, 6.45) is 1.49. The lowest BCUT2D eigenvalue weighted by Crippen LogP contribution is -2.17. The average molecular weight is 448 g/mol. The maximum absolute atomic E-state index is 12.4. The summed E-state index contributed by atoms with van der Waals surface area (Å²) in [6, 6.07) is 18.3. The minimum atomic E-state index is -0.528. The molecule has 0 spiro atoms. The Kier molecular flexibility index (Phi) is 8.02. The molecule has 0 aliphatic carbocycles. The molecule has 33 heavy (non-hydrogen) atoms. The highest BCUT2D eigenvalue weighted by Gasteiger charge is 2.13. The fourth-order valence-corrected chi connectivity index (χ4v) is 2.85. The Balaban J connectivity index is 1.56. The Morgan fingerprint density at radius 1 is 0.848 bits per heavy atom. The van der Waals surface area contributed by atoms with Crippen LogP contribution in [0.5, 0.6) is 23.0 Å². The monoisotopic (exact) mass is 448 g/mol. The van der Waals surface area contributed by atoms with Gasteiger partial charge < -0.3 is 18.9 Å². The van der Waals surface area contributed by atoms with Crippen LogP contribution >= 0.6 is 0 Å². The zero-order chi connectivity index (χ0) is 23.6. The van der Waals surface area contributed by atoms with Gasteiger partial charge in [0.25, 0.3) is 5.91 Å². The lowest BCUT2D eigenvalue weighted by molar-refractivity contribution is 0.0734. The Morgan fingerprint density at radius 2 is 1.48 bits per heavy atom. The fraction of sp³-hybridized carbons (Fsp3) is 0.160. The van der Waals surface area contributed by atoms with Gasteiger partial charge in [-0.1, -0.05) is 0 Å². The van der Waals surface area contributed by atoms with E-state index >= 15 is 0 Å². The predicted molar refractivity (Wildman–Crippen MR) is 124 cm³/mol. The van der Waals surface area contributed by atoms with E-state index in [0.29, 0.717) is 46.3 Å². The minimum Gasteiger partial charge on any atom is -0.494 e. The molecule has 0 heterocycles. The number of esters is 1. The second kappa shape index (κ2) is 11.3. The molecule has 0 unspecified atom stereocenters. The van der Waals surface area contributed by atoms with Gasteiger partial charge in [-0.25, -0.2) is 10.2 Å². The van der Waals surface area contributed by atoms with Crippen LogP contribution in [0.15, 0.2) is 71.8 Å². The van der Waals surface area contributed by atoms with Crippen LogP contribution in [-0.2, 0) is 0 Å². The first-order valence-electron chi connectivity index (χ1n) is 10.1. The number of nitrogens with zero attached hydrogens (tertiary/aromatic N) is 1. The SMILES string of the molecule is CCOc1ccc(C(=O)N/N=C\c2ccc(OC(=O)c3ccc(OC)c(OC)c3)cc2)cc1. The van der Waals surface area contributed by atoms with Crippen LogP contribution in [0.25, 0.3) is 0 Å². The van der Waals surface area contributed by atoms with E-state index in [1.165, 1.54) is 20.4 Å². The van der Waals surface area contributed by atoms with Crippen molar-refractivity contribution in [2.45, 2.75) is 6.92 Å². The molecule has 3 rings (SSSR count). The summed E-state index contributed by atoms with van der Waals surface area (Å²) in [4.78, 5) is 24.6. The van der Waals surface area contributed by atoms with Crippen molar-refractivity contribution in [1.82, 2.24) is 5.43 Å². The standard InChI is InChI=1S/C25H24N2O6/c1-4-32-20-12-7-18(8-13-20)24(28)27-26-16-17-5-10-21(11-6-17)33-25(29)19-9-14-22(30-2)23(15-19)31-3/h5-16H,4H2,1-3H3,(H,27,28)/b26-16-. The maximum atomic E-state index is 12.4. The first kappa shape index (κ1) is 23.3. The number of hydrogen-bond donors (Lipinski definition) is 1. The number of methoxy groups -OCH3 is 2. The van der Waals surface area contributed by atoms with E-state index in [0.717, 1.165) is 0 Å². The summed E-state index contributed by atoms with van der Waals surface area (Å²) in [5.41, 5.74) is 3.98. The number of rotatable bonds is 9. The molecule has 0 atom stereocenters. The van der Waals surface area contributed by atoms with Crippen molar-refractivity contribution in [2.75, 3.05) is 20.8 Å². The first-order valence-corrected chi connectivity index (χ1v) is 10.1. The summed E-state index contributed by atoms with van der Waals surface area (Å²) < 4.78 is 21.1. The molecule has 0 aliphatic rings. The Bertz CT molecular complexity index is 1120. The third-order valence-electron chi connectivity index (χ3n) is 4.52. The minimum absolute atomic E-state index is 0.329. The molecule has 170 valence electrons. The van der Waals surface area contributed by atoms with Crippen LogP contribution in [0, 0.1) is 0 Å². The summed E-state index contributed by atoms with van der Waals surface area (Å²) in [6.45, 7) is 2.45. The van der Waals surface area contributed by atoms with Crippen molar-refractivity contribution in [2.24, 2.45) is 5.10 Å². The van der Waals surface area contributed by atoms with E-state index in [1.54, 1.807) is 66.7 Å². The van der Waals surface area contributed by atoms with Crippen LogP contribution in [0.1, 0.15) is 33.2 Å². The average Bonchev–Trinajstić information content (AvgIpc) is 2.85. The van der Waals surface area contributed by atoms with Crippen molar-refractivity contribution in [1.29, 1.82) is 0 Å². The molecular formula is C25H24N2O6. The van der Waals surface area contributed by atoms with Gasteiger partial charge in [0.05, 0.1) is 32.6 Å². The number of hydrazone groups is 1. The van der Waals surface area contributed by atoms with Gasteiger partial charge in [0, 0.05) is 5.56 Å². The van der Waals surface area contributed by atoms with Gasteiger partial charge in [0.2, 0.25) is 0 Å². The highest BCUT2D eigenvalue weighted by Crippen LogP contribution is 2.28. The lowest BCUT2D eigenvalue weighted by Gasteiger charge is -2.09. The predicted octanol–water partition coefficient (Wildman–Crippen LogP) is 4.09. The second-order valence-corrected chi connectivity index (χ2v) is 6.68. The first-order chi connectivity index (χ1) is 16.0. The highest BCUT2D eigenvalue weighted by atomic mass is 16.5. The zero-order valence-corrected chi connectivity index (χ0v) is 18.5. The number of carbonyl (C=O) groups excluding carboxylic acids is 2. The summed E-state index contributed by atoms with van der Waals surface area (Å²) in [5, 5.41) is 3.96. The van der Waals surface area contributed by atoms with Gasteiger partial charge in [-0.15, -0.1) is 0 Å². The fourth-order valence-electron chi connectivity index (χ4n) is 2.85. The second-order valence-electron chi connectivity index (χ2n) is 6.68. The Morgan fingerprint density at radius 3 is 2.12 bits per heavy atom. The normalized spacial score (nSPS) is 10.5. The maximum Gasteiger partial charge on any atom is 0.343 e. The summed E-state index contributed by atoms with van der Waals surface area (Å²) in [7, 11) is 3.01. The molecule has 0 aromatic heterocycles. The Hall–Kier alpha value is -4.33. The van der Waals surface area contributed by atoms with Crippen LogP contribution in [0.4, 0.5) is 0 Å². The van der Waals surface area contributed by atoms with Gasteiger partial charge in [-0.3, -0.25) is 4.79 Å². The molecule has 0 bridgehead atoms. The number of ether oxygens (including phenoxy) is 4. The molecule has 0 saturated heterocycles. The summed E-state index contributed by atoms with van der Waals surface area (Å²) in [5.74, 6) is 1.16. The van der Waals surface area contributed by atoms with Crippen molar-refractivity contribution < 1.29 is 28.5 Å². The zero-order valence-electron chi connectivity index (χ0n) is 18.5. The number of hydrogen-bond acceptors (Lipinski definition) is 7. The van der Waals surface area contributed by atoms with Crippen LogP contribution in [-0.4, -0.2) is 38.9 Å². The van der Waals surface area contributed by atoms with E-state index in [2.05, 4.69) is 10.5 Å².